The molecule has 172 valence electrons. The van der Waals surface area contributed by atoms with E-state index in [0.29, 0.717) is 23.3 Å². The second-order valence-corrected chi connectivity index (χ2v) is 7.40. The number of anilines is 1. The number of rotatable bonds is 8. The van der Waals surface area contributed by atoms with Crippen LogP contribution in [-0.2, 0) is 13.1 Å². The number of benzene rings is 1. The molecule has 0 aliphatic carbocycles. The summed E-state index contributed by atoms with van der Waals surface area (Å²) < 4.78 is 59.6. The van der Waals surface area contributed by atoms with Gasteiger partial charge in [0.15, 0.2) is 5.76 Å². The van der Waals surface area contributed by atoms with E-state index in [4.69, 9.17) is 16.0 Å². The van der Waals surface area contributed by atoms with Crippen molar-refractivity contribution >= 4 is 23.2 Å². The number of nitrogens with zero attached hydrogens (tertiary/aromatic N) is 4. The van der Waals surface area contributed by atoms with Gasteiger partial charge in [0.2, 0.25) is 0 Å². The van der Waals surface area contributed by atoms with Gasteiger partial charge in [-0.25, -0.2) is 17.6 Å². The summed E-state index contributed by atoms with van der Waals surface area (Å²) >= 11 is 6.14. The Morgan fingerprint density at radius 3 is 2.61 bits per heavy atom. The maximum Gasteiger partial charge on any atom is 0.291 e. The highest BCUT2D eigenvalue weighted by Crippen LogP contribution is 2.26. The maximum absolute atomic E-state index is 13.1. The van der Waals surface area contributed by atoms with Gasteiger partial charge in [0, 0.05) is 11.2 Å². The fraction of sp³-hybridized carbons (Fsp3) is 0.190. The first-order chi connectivity index (χ1) is 15.8. The zero-order chi connectivity index (χ0) is 23.5. The van der Waals surface area contributed by atoms with E-state index >= 15 is 0 Å². The van der Waals surface area contributed by atoms with Crippen molar-refractivity contribution in [2.24, 2.45) is 0 Å². The summed E-state index contributed by atoms with van der Waals surface area (Å²) in [5, 5.41) is 10.9. The molecular weight excluding hydrogens is 466 g/mol. The molecule has 33 heavy (non-hydrogen) atoms. The molecule has 3 aromatic heterocycles. The molecule has 12 heteroatoms. The van der Waals surface area contributed by atoms with Crippen LogP contribution in [0.3, 0.4) is 0 Å². The van der Waals surface area contributed by atoms with Crippen LogP contribution in [0.1, 0.15) is 46.1 Å². The van der Waals surface area contributed by atoms with Crippen molar-refractivity contribution < 1.29 is 26.8 Å². The summed E-state index contributed by atoms with van der Waals surface area (Å²) in [6.45, 7) is 0.0623. The minimum absolute atomic E-state index is 0.0938. The number of nitrogens with one attached hydrogen (secondary N) is 1. The molecule has 7 nitrogen and oxygen atoms in total. The van der Waals surface area contributed by atoms with Crippen molar-refractivity contribution in [1.29, 1.82) is 0 Å². The first kappa shape index (κ1) is 22.6. The molecule has 0 saturated carbocycles. The molecule has 4 rings (SSSR count). The van der Waals surface area contributed by atoms with Crippen LogP contribution < -0.4 is 5.32 Å². The average Bonchev–Trinajstić information content (AvgIpc) is 3.50. The van der Waals surface area contributed by atoms with E-state index in [2.05, 4.69) is 15.5 Å². The fourth-order valence-electron chi connectivity index (χ4n) is 3.10. The lowest BCUT2D eigenvalue weighted by molar-refractivity contribution is 0.0994. The van der Waals surface area contributed by atoms with E-state index in [1.54, 1.807) is 16.9 Å². The molecule has 1 amide bonds. The lowest BCUT2D eigenvalue weighted by Crippen LogP contribution is -2.10. The van der Waals surface area contributed by atoms with Gasteiger partial charge in [0.05, 0.1) is 25.0 Å². The Bertz CT molecular complexity index is 1270. The van der Waals surface area contributed by atoms with E-state index in [0.717, 1.165) is 10.2 Å². The van der Waals surface area contributed by atoms with Crippen LogP contribution in [0.15, 0.2) is 59.3 Å². The van der Waals surface area contributed by atoms with Crippen molar-refractivity contribution in [3.63, 3.8) is 0 Å². The molecule has 4 aromatic rings. The second kappa shape index (κ2) is 9.49. The lowest BCUT2D eigenvalue weighted by atomic mass is 10.2. The molecule has 1 N–H and O–H groups in total. The van der Waals surface area contributed by atoms with Gasteiger partial charge in [-0.2, -0.15) is 10.2 Å². The highest BCUT2D eigenvalue weighted by Gasteiger charge is 2.22. The Kier molecular flexibility index (Phi) is 6.50. The molecule has 0 radical (unpaired) electrons. The summed E-state index contributed by atoms with van der Waals surface area (Å²) in [6, 6.07) is 10.7. The van der Waals surface area contributed by atoms with Gasteiger partial charge in [-0.05, 0) is 29.8 Å². The smallest absolute Gasteiger partial charge is 0.291 e. The fourth-order valence-corrected chi connectivity index (χ4v) is 3.30. The van der Waals surface area contributed by atoms with Crippen molar-refractivity contribution in [2.45, 2.75) is 25.9 Å². The monoisotopic (exact) mass is 481 g/mol. The number of aromatic nitrogens is 4. The quantitative estimate of drug-likeness (QED) is 0.335. The molecule has 0 spiro atoms. The van der Waals surface area contributed by atoms with Crippen molar-refractivity contribution in [2.75, 3.05) is 5.32 Å². The van der Waals surface area contributed by atoms with Crippen LogP contribution in [0.4, 0.5) is 23.2 Å². The van der Waals surface area contributed by atoms with E-state index in [1.807, 2.05) is 18.2 Å². The topological polar surface area (TPSA) is 77.9 Å². The zero-order valence-electron chi connectivity index (χ0n) is 16.8. The predicted octanol–water partition coefficient (Wildman–Crippen LogP) is 5.55. The normalized spacial score (nSPS) is 11.5. The Morgan fingerprint density at radius 1 is 1.09 bits per heavy atom. The highest BCUT2D eigenvalue weighted by molar-refractivity contribution is 6.31. The molecule has 0 fully saturated rings. The van der Waals surface area contributed by atoms with Crippen LogP contribution in [0.2, 0.25) is 5.02 Å². The number of halogens is 5. The maximum atomic E-state index is 13.1. The van der Waals surface area contributed by atoms with Gasteiger partial charge in [-0.15, -0.1) is 0 Å². The average molecular weight is 482 g/mol. The van der Waals surface area contributed by atoms with Gasteiger partial charge >= 0.3 is 0 Å². The van der Waals surface area contributed by atoms with Crippen LogP contribution in [0.5, 0.6) is 0 Å². The molecule has 1 aromatic carbocycles. The summed E-state index contributed by atoms with van der Waals surface area (Å²) in [6.07, 6.45) is -2.93. The number of alkyl halides is 4. The molecule has 0 unspecified atom stereocenters. The molecule has 0 aliphatic heterocycles. The first-order valence-electron chi connectivity index (χ1n) is 9.60. The van der Waals surface area contributed by atoms with Crippen molar-refractivity contribution in [1.82, 2.24) is 19.6 Å². The Morgan fingerprint density at radius 2 is 1.88 bits per heavy atom. The highest BCUT2D eigenvalue weighted by atomic mass is 35.5. The summed E-state index contributed by atoms with van der Waals surface area (Å²) in [4.78, 5) is 12.5. The third-order valence-corrected chi connectivity index (χ3v) is 5.02. The number of carbonyl (C=O) groups is 1. The number of amides is 1. The molecule has 0 saturated heterocycles. The van der Waals surface area contributed by atoms with Crippen LogP contribution in [0, 0.1) is 0 Å². The molecule has 0 aliphatic rings. The van der Waals surface area contributed by atoms with Crippen LogP contribution in [-0.4, -0.2) is 25.5 Å². The number of hydrogen-bond acceptors (Lipinski definition) is 4. The van der Waals surface area contributed by atoms with Crippen molar-refractivity contribution in [3.8, 4) is 0 Å². The Hall–Kier alpha value is -3.60. The minimum Gasteiger partial charge on any atom is -0.454 e. The van der Waals surface area contributed by atoms with Gasteiger partial charge in [-0.1, -0.05) is 29.8 Å². The third kappa shape index (κ3) is 5.25. The van der Waals surface area contributed by atoms with E-state index < -0.39 is 30.1 Å². The largest absolute Gasteiger partial charge is 0.454 e. The summed E-state index contributed by atoms with van der Waals surface area (Å²) in [7, 11) is 0. The van der Waals surface area contributed by atoms with E-state index in [9.17, 15) is 22.4 Å². The zero-order valence-corrected chi connectivity index (χ0v) is 17.5. The van der Waals surface area contributed by atoms with E-state index in [-0.39, 0.29) is 18.1 Å². The van der Waals surface area contributed by atoms with Gasteiger partial charge < -0.3 is 9.73 Å². The minimum atomic E-state index is -3.00. The molecular formula is C21H16ClF4N5O2. The van der Waals surface area contributed by atoms with Crippen LogP contribution in [0.25, 0.3) is 0 Å². The SMILES string of the molecule is O=C(Nc1cnn(Cc2ccccc2Cl)c1)c1ccc(Cn2nc(C(F)F)cc2C(F)F)o1. The first-order valence-corrected chi connectivity index (χ1v) is 9.98. The second-order valence-electron chi connectivity index (χ2n) is 6.99. The Labute approximate surface area is 189 Å². The standard InChI is InChI=1S/C21H16ClF4N5O2/c22-15-4-2-1-3-12(15)9-30-10-13(8-27-30)28-21(32)18-6-5-14(33-18)11-31-17(20(25)26)7-16(29-31)19(23)24/h1-8,10,19-20H,9,11H2,(H,28,32). The summed E-state index contributed by atoms with van der Waals surface area (Å²) in [5.41, 5.74) is -0.173. The molecule has 0 atom stereocenters. The number of furan rings is 1. The Balaban J connectivity index is 1.42. The lowest BCUT2D eigenvalue weighted by Gasteiger charge is -2.05. The third-order valence-electron chi connectivity index (χ3n) is 4.65. The van der Waals surface area contributed by atoms with Gasteiger partial charge in [0.25, 0.3) is 18.8 Å². The van der Waals surface area contributed by atoms with E-state index in [1.165, 1.54) is 18.3 Å². The van der Waals surface area contributed by atoms with Gasteiger partial charge in [0.1, 0.15) is 17.1 Å². The molecule has 0 bridgehead atoms. The predicted molar refractivity (Wildman–Crippen MR) is 111 cm³/mol. The number of carbonyl (C=O) groups excluding carboxylic acids is 1. The van der Waals surface area contributed by atoms with Crippen LogP contribution >= 0.6 is 11.6 Å². The number of hydrogen-bond donors (Lipinski definition) is 1. The summed E-state index contributed by atoms with van der Waals surface area (Å²) in [5.74, 6) is -0.592. The molecule has 3 heterocycles. The van der Waals surface area contributed by atoms with Crippen molar-refractivity contribution in [3.05, 3.63) is 88.4 Å². The van der Waals surface area contributed by atoms with Gasteiger partial charge in [-0.3, -0.25) is 14.2 Å².